The van der Waals surface area contributed by atoms with E-state index in [2.05, 4.69) is 5.32 Å². The van der Waals surface area contributed by atoms with Crippen molar-refractivity contribution in [2.45, 2.75) is 6.54 Å². The first kappa shape index (κ1) is 14.2. The van der Waals surface area contributed by atoms with Crippen molar-refractivity contribution in [2.24, 2.45) is 0 Å². The lowest BCUT2D eigenvalue weighted by Gasteiger charge is -2.08. The Hall–Kier alpha value is -2.20. The maximum Gasteiger partial charge on any atom is 0.253 e. The molecule has 0 heterocycles. The van der Waals surface area contributed by atoms with Crippen LogP contribution in [-0.4, -0.2) is 18.1 Å². The summed E-state index contributed by atoms with van der Waals surface area (Å²) in [5, 5.41) is 12.4. The van der Waals surface area contributed by atoms with Gasteiger partial charge in [-0.3, -0.25) is 4.79 Å². The summed E-state index contributed by atoms with van der Waals surface area (Å²) in [7, 11) is 1.60. The number of phenolic OH excluding ortho intramolecular Hbond substituents is 1. The molecule has 104 valence electrons. The van der Waals surface area contributed by atoms with E-state index in [9.17, 15) is 9.90 Å². The first-order valence-electron chi connectivity index (χ1n) is 6.00. The average Bonchev–Trinajstić information content (AvgIpc) is 2.47. The highest BCUT2D eigenvalue weighted by Crippen LogP contribution is 2.21. The van der Waals surface area contributed by atoms with Gasteiger partial charge >= 0.3 is 0 Å². The second-order valence-electron chi connectivity index (χ2n) is 4.19. The molecule has 1 amide bonds. The Morgan fingerprint density at radius 3 is 2.60 bits per heavy atom. The number of benzene rings is 2. The van der Waals surface area contributed by atoms with Gasteiger partial charge in [-0.2, -0.15) is 0 Å². The number of rotatable bonds is 4. The Labute approximate surface area is 122 Å². The number of nitrogens with one attached hydrogen (secondary N) is 1. The lowest BCUT2D eigenvalue weighted by Crippen LogP contribution is -2.23. The molecule has 0 spiro atoms. The summed E-state index contributed by atoms with van der Waals surface area (Å²) in [6, 6.07) is 11.6. The zero-order valence-electron chi connectivity index (χ0n) is 10.9. The Morgan fingerprint density at radius 2 is 1.95 bits per heavy atom. The maximum atomic E-state index is 12.0. The minimum absolute atomic E-state index is 0.00370. The molecule has 0 aromatic heterocycles. The number of hydrogen-bond acceptors (Lipinski definition) is 3. The molecule has 2 rings (SSSR count). The minimum atomic E-state index is -0.332. The first-order chi connectivity index (χ1) is 9.60. The van der Waals surface area contributed by atoms with Gasteiger partial charge in [0.05, 0.1) is 17.7 Å². The summed E-state index contributed by atoms with van der Waals surface area (Å²) in [5.41, 5.74) is 1.19. The Balaban J connectivity index is 2.02. The van der Waals surface area contributed by atoms with Crippen LogP contribution in [0, 0.1) is 0 Å². The van der Waals surface area contributed by atoms with Gasteiger partial charge in [0.1, 0.15) is 11.5 Å². The third kappa shape index (κ3) is 3.42. The molecule has 5 heteroatoms. The zero-order valence-corrected chi connectivity index (χ0v) is 11.6. The maximum absolute atomic E-state index is 12.0. The highest BCUT2D eigenvalue weighted by atomic mass is 35.5. The van der Waals surface area contributed by atoms with E-state index in [1.54, 1.807) is 7.11 Å². The molecule has 0 atom stereocenters. The van der Waals surface area contributed by atoms with Gasteiger partial charge < -0.3 is 15.2 Å². The van der Waals surface area contributed by atoms with E-state index in [0.717, 1.165) is 11.3 Å². The third-order valence-electron chi connectivity index (χ3n) is 2.81. The average molecular weight is 292 g/mol. The van der Waals surface area contributed by atoms with Crippen LogP contribution in [0.4, 0.5) is 0 Å². The summed E-state index contributed by atoms with van der Waals surface area (Å²) >= 11 is 5.92. The van der Waals surface area contributed by atoms with Gasteiger partial charge in [-0.1, -0.05) is 23.7 Å². The van der Waals surface area contributed by atoms with Crippen molar-refractivity contribution in [2.75, 3.05) is 7.11 Å². The van der Waals surface area contributed by atoms with Crippen molar-refractivity contribution in [3.05, 3.63) is 58.6 Å². The molecule has 0 aliphatic rings. The third-order valence-corrected chi connectivity index (χ3v) is 3.14. The van der Waals surface area contributed by atoms with Crippen molar-refractivity contribution >= 4 is 17.5 Å². The molecule has 0 radical (unpaired) electrons. The van der Waals surface area contributed by atoms with Crippen LogP contribution in [-0.2, 0) is 6.54 Å². The van der Waals surface area contributed by atoms with Crippen LogP contribution in [0.3, 0.4) is 0 Å². The normalized spacial score (nSPS) is 10.1. The smallest absolute Gasteiger partial charge is 0.253 e. The van der Waals surface area contributed by atoms with Gasteiger partial charge in [-0.15, -0.1) is 0 Å². The number of amides is 1. The molecule has 0 aliphatic carbocycles. The van der Waals surface area contributed by atoms with Crippen molar-refractivity contribution in [1.82, 2.24) is 5.32 Å². The second kappa shape index (κ2) is 6.30. The molecule has 2 aromatic rings. The number of phenols is 1. The van der Waals surface area contributed by atoms with E-state index in [1.807, 2.05) is 24.3 Å². The number of halogens is 1. The lowest BCUT2D eigenvalue weighted by atomic mass is 10.2. The van der Waals surface area contributed by atoms with Crippen LogP contribution in [0.5, 0.6) is 11.5 Å². The number of hydrogen-bond donors (Lipinski definition) is 2. The van der Waals surface area contributed by atoms with Gasteiger partial charge in [-0.05, 0) is 35.9 Å². The van der Waals surface area contributed by atoms with Gasteiger partial charge in [0.2, 0.25) is 0 Å². The topological polar surface area (TPSA) is 58.6 Å². The fraction of sp³-hybridized carbons (Fsp3) is 0.133. The van der Waals surface area contributed by atoms with Gasteiger partial charge in [-0.25, -0.2) is 0 Å². The van der Waals surface area contributed by atoms with Gasteiger partial charge in [0.25, 0.3) is 5.91 Å². The molecule has 0 saturated carbocycles. The largest absolute Gasteiger partial charge is 0.508 e. The van der Waals surface area contributed by atoms with E-state index in [4.69, 9.17) is 16.3 Å². The van der Waals surface area contributed by atoms with Gasteiger partial charge in [0.15, 0.2) is 0 Å². The highest BCUT2D eigenvalue weighted by molar-refractivity contribution is 6.33. The molecule has 0 saturated heterocycles. The van der Waals surface area contributed by atoms with Gasteiger partial charge in [0, 0.05) is 6.54 Å². The van der Waals surface area contributed by atoms with E-state index < -0.39 is 0 Å². The van der Waals surface area contributed by atoms with Crippen LogP contribution in [0.25, 0.3) is 0 Å². The molecule has 0 aliphatic heterocycles. The number of methoxy groups -OCH3 is 1. The molecule has 0 bridgehead atoms. The molecule has 20 heavy (non-hydrogen) atoms. The summed E-state index contributed by atoms with van der Waals surface area (Å²) in [5.74, 6) is 0.432. The van der Waals surface area contributed by atoms with E-state index >= 15 is 0 Å². The standard InChI is InChI=1S/C15H14ClNO3/c1-20-12-5-2-10(3-6-12)9-17-15(19)13-8-11(18)4-7-14(13)16/h2-8,18H,9H2,1H3,(H,17,19). The highest BCUT2D eigenvalue weighted by Gasteiger charge is 2.10. The fourth-order valence-electron chi connectivity index (χ4n) is 1.71. The van der Waals surface area contributed by atoms with E-state index in [1.165, 1.54) is 18.2 Å². The monoisotopic (exact) mass is 291 g/mol. The summed E-state index contributed by atoms with van der Waals surface area (Å²) < 4.78 is 5.06. The van der Waals surface area contributed by atoms with Crippen molar-refractivity contribution < 1.29 is 14.6 Å². The van der Waals surface area contributed by atoms with Crippen molar-refractivity contribution in [3.8, 4) is 11.5 Å². The Kier molecular flexibility index (Phi) is 4.48. The summed E-state index contributed by atoms with van der Waals surface area (Å²) in [6.45, 7) is 0.370. The van der Waals surface area contributed by atoms with Crippen molar-refractivity contribution in [1.29, 1.82) is 0 Å². The molecular weight excluding hydrogens is 278 g/mol. The minimum Gasteiger partial charge on any atom is -0.508 e. The van der Waals surface area contributed by atoms with Crippen LogP contribution < -0.4 is 10.1 Å². The van der Waals surface area contributed by atoms with E-state index in [-0.39, 0.29) is 17.2 Å². The Bertz CT molecular complexity index is 611. The molecule has 2 aromatic carbocycles. The predicted octanol–water partition coefficient (Wildman–Crippen LogP) is 2.98. The second-order valence-corrected chi connectivity index (χ2v) is 4.60. The van der Waals surface area contributed by atoms with Crippen LogP contribution in [0.1, 0.15) is 15.9 Å². The molecule has 2 N–H and O–H groups in total. The van der Waals surface area contributed by atoms with E-state index in [0.29, 0.717) is 11.6 Å². The zero-order chi connectivity index (χ0) is 14.5. The molecule has 0 unspecified atom stereocenters. The number of carbonyl (C=O) groups is 1. The molecular formula is C15H14ClNO3. The summed E-state index contributed by atoms with van der Waals surface area (Å²) in [6.07, 6.45) is 0. The van der Waals surface area contributed by atoms with Crippen LogP contribution >= 0.6 is 11.6 Å². The number of aromatic hydroxyl groups is 1. The molecule has 4 nitrogen and oxygen atoms in total. The first-order valence-corrected chi connectivity index (χ1v) is 6.37. The predicted molar refractivity (Wildman–Crippen MR) is 77.3 cm³/mol. The SMILES string of the molecule is COc1ccc(CNC(=O)c2cc(O)ccc2Cl)cc1. The quantitative estimate of drug-likeness (QED) is 0.910. The molecule has 0 fully saturated rings. The fourth-order valence-corrected chi connectivity index (χ4v) is 1.91. The lowest BCUT2D eigenvalue weighted by molar-refractivity contribution is 0.0950. The van der Waals surface area contributed by atoms with Crippen LogP contribution in [0.2, 0.25) is 5.02 Å². The Morgan fingerprint density at radius 1 is 1.25 bits per heavy atom. The van der Waals surface area contributed by atoms with Crippen molar-refractivity contribution in [3.63, 3.8) is 0 Å². The van der Waals surface area contributed by atoms with Crippen LogP contribution in [0.15, 0.2) is 42.5 Å². The summed E-state index contributed by atoms with van der Waals surface area (Å²) in [4.78, 5) is 12.0. The number of carbonyl (C=O) groups excluding carboxylic acids is 1. The number of ether oxygens (including phenoxy) is 1.